The molecule has 0 aliphatic heterocycles. The van der Waals surface area contributed by atoms with E-state index in [9.17, 15) is 9.59 Å². The minimum atomic E-state index is -0.252. The van der Waals surface area contributed by atoms with Crippen molar-refractivity contribution >= 4 is 11.8 Å². The summed E-state index contributed by atoms with van der Waals surface area (Å²) < 4.78 is 18.1. The van der Waals surface area contributed by atoms with Crippen molar-refractivity contribution in [2.45, 2.75) is 32.7 Å². The molecule has 31 heavy (non-hydrogen) atoms. The van der Waals surface area contributed by atoms with Crippen molar-refractivity contribution in [3.63, 3.8) is 0 Å². The maximum atomic E-state index is 12.2. The molecule has 2 aromatic rings. The number of hydrogen-bond acceptors (Lipinski definition) is 7. The van der Waals surface area contributed by atoms with Gasteiger partial charge < -0.3 is 24.8 Å². The lowest BCUT2D eigenvalue weighted by atomic mass is 10.1. The summed E-state index contributed by atoms with van der Waals surface area (Å²) in [5.41, 5.74) is 1.26. The standard InChI is InChI=1S/C21H29N5O5/c1-3-22-20(27)15-5-8-18(19(13-15)31-12-11-30-10-9-29-4-2)26-14-17(24-25-26)21(28)23-16-6-7-16/h5,8,13-14,16H,3-4,6-7,9-12H2,1-2H3,(H,22,27)(H,23,28). The van der Waals surface area contributed by atoms with E-state index in [1.807, 2.05) is 13.8 Å². The monoisotopic (exact) mass is 431 g/mol. The Labute approximate surface area is 181 Å². The van der Waals surface area contributed by atoms with Gasteiger partial charge in [0, 0.05) is 24.8 Å². The van der Waals surface area contributed by atoms with Gasteiger partial charge in [-0.1, -0.05) is 5.21 Å². The number of hydrogen-bond donors (Lipinski definition) is 2. The molecule has 3 rings (SSSR count). The third-order valence-corrected chi connectivity index (χ3v) is 4.51. The average molecular weight is 431 g/mol. The second-order valence-electron chi connectivity index (χ2n) is 7.00. The predicted octanol–water partition coefficient (Wildman–Crippen LogP) is 1.34. The molecule has 2 N–H and O–H groups in total. The molecule has 0 atom stereocenters. The molecule has 1 aromatic carbocycles. The van der Waals surface area contributed by atoms with Gasteiger partial charge in [0.25, 0.3) is 11.8 Å². The van der Waals surface area contributed by atoms with Crippen LogP contribution in [-0.4, -0.2) is 72.4 Å². The Bertz CT molecular complexity index is 881. The summed E-state index contributed by atoms with van der Waals surface area (Å²) in [6.07, 6.45) is 3.53. The molecule has 0 unspecified atom stereocenters. The van der Waals surface area contributed by atoms with Gasteiger partial charge in [0.15, 0.2) is 5.69 Å². The number of amides is 2. The summed E-state index contributed by atoms with van der Waals surface area (Å²) in [5, 5.41) is 13.7. The lowest BCUT2D eigenvalue weighted by Gasteiger charge is -2.13. The number of carbonyl (C=O) groups is 2. The zero-order valence-electron chi connectivity index (χ0n) is 17.9. The Hall–Kier alpha value is -2.98. The largest absolute Gasteiger partial charge is 0.489 e. The number of benzene rings is 1. The van der Waals surface area contributed by atoms with Gasteiger partial charge in [-0.05, 0) is 44.9 Å². The molecule has 168 valence electrons. The first kappa shape index (κ1) is 22.7. The first-order chi connectivity index (χ1) is 15.1. The van der Waals surface area contributed by atoms with Crippen LogP contribution in [0.3, 0.4) is 0 Å². The van der Waals surface area contributed by atoms with Crippen LogP contribution < -0.4 is 15.4 Å². The van der Waals surface area contributed by atoms with E-state index in [1.54, 1.807) is 24.4 Å². The fourth-order valence-electron chi connectivity index (χ4n) is 2.77. The van der Waals surface area contributed by atoms with Crippen LogP contribution in [0.1, 0.15) is 47.5 Å². The maximum Gasteiger partial charge on any atom is 0.273 e. The molecule has 1 fully saturated rings. The van der Waals surface area contributed by atoms with Crippen LogP contribution in [0.15, 0.2) is 24.4 Å². The molecular weight excluding hydrogens is 402 g/mol. The smallest absolute Gasteiger partial charge is 0.273 e. The Morgan fingerprint density at radius 3 is 2.61 bits per heavy atom. The van der Waals surface area contributed by atoms with Crippen LogP contribution in [0.4, 0.5) is 0 Å². The minimum Gasteiger partial charge on any atom is -0.489 e. The Morgan fingerprint density at radius 1 is 1.10 bits per heavy atom. The quantitative estimate of drug-likeness (QED) is 0.460. The van der Waals surface area contributed by atoms with Crippen LogP contribution in [0, 0.1) is 0 Å². The van der Waals surface area contributed by atoms with E-state index < -0.39 is 0 Å². The van der Waals surface area contributed by atoms with E-state index in [4.69, 9.17) is 14.2 Å². The van der Waals surface area contributed by atoms with E-state index >= 15 is 0 Å². The number of rotatable bonds is 13. The summed E-state index contributed by atoms with van der Waals surface area (Å²) in [6.45, 7) is 6.60. The van der Waals surface area contributed by atoms with E-state index in [0.29, 0.717) is 50.0 Å². The van der Waals surface area contributed by atoms with Crippen molar-refractivity contribution in [1.82, 2.24) is 25.6 Å². The Kier molecular flexibility index (Phi) is 8.36. The molecule has 10 nitrogen and oxygen atoms in total. The minimum absolute atomic E-state index is 0.199. The normalized spacial score (nSPS) is 13.1. The van der Waals surface area contributed by atoms with E-state index in [2.05, 4.69) is 20.9 Å². The van der Waals surface area contributed by atoms with Crippen LogP contribution in [0.5, 0.6) is 5.75 Å². The number of carbonyl (C=O) groups excluding carboxylic acids is 2. The third-order valence-electron chi connectivity index (χ3n) is 4.51. The highest BCUT2D eigenvalue weighted by Gasteiger charge is 2.25. The van der Waals surface area contributed by atoms with Crippen molar-refractivity contribution in [2.75, 3.05) is 39.6 Å². The van der Waals surface area contributed by atoms with E-state index in [-0.39, 0.29) is 30.2 Å². The molecule has 0 bridgehead atoms. The van der Waals surface area contributed by atoms with Gasteiger partial charge >= 0.3 is 0 Å². The van der Waals surface area contributed by atoms with Crippen molar-refractivity contribution in [2.24, 2.45) is 0 Å². The van der Waals surface area contributed by atoms with Gasteiger partial charge in [-0.3, -0.25) is 9.59 Å². The van der Waals surface area contributed by atoms with Gasteiger partial charge in [-0.2, -0.15) is 0 Å². The first-order valence-corrected chi connectivity index (χ1v) is 10.6. The van der Waals surface area contributed by atoms with Crippen molar-refractivity contribution in [3.8, 4) is 11.4 Å². The number of ether oxygens (including phenoxy) is 3. The summed E-state index contributed by atoms with van der Waals surface area (Å²) >= 11 is 0. The van der Waals surface area contributed by atoms with Crippen LogP contribution in [0.25, 0.3) is 5.69 Å². The molecule has 1 aliphatic carbocycles. The fraction of sp³-hybridized carbons (Fsp3) is 0.524. The highest BCUT2D eigenvalue weighted by Crippen LogP contribution is 2.25. The lowest BCUT2D eigenvalue weighted by molar-refractivity contribution is 0.0404. The molecule has 2 amide bonds. The molecule has 1 heterocycles. The second-order valence-corrected chi connectivity index (χ2v) is 7.00. The van der Waals surface area contributed by atoms with Gasteiger partial charge in [-0.15, -0.1) is 5.10 Å². The molecule has 0 spiro atoms. The Balaban J connectivity index is 1.70. The van der Waals surface area contributed by atoms with Gasteiger partial charge in [0.05, 0.1) is 26.0 Å². The highest BCUT2D eigenvalue weighted by atomic mass is 16.5. The number of aromatic nitrogens is 3. The molecule has 10 heteroatoms. The SMILES string of the molecule is CCNC(=O)c1ccc(-n2cc(C(=O)NC3CC3)nn2)c(OCCOCCOCC)c1. The molecule has 1 aromatic heterocycles. The Morgan fingerprint density at radius 2 is 1.87 bits per heavy atom. The summed E-state index contributed by atoms with van der Waals surface area (Å²) in [4.78, 5) is 24.5. The first-order valence-electron chi connectivity index (χ1n) is 10.6. The van der Waals surface area contributed by atoms with Gasteiger partial charge in [0.2, 0.25) is 0 Å². The van der Waals surface area contributed by atoms with Crippen molar-refractivity contribution < 1.29 is 23.8 Å². The molecular formula is C21H29N5O5. The zero-order chi connectivity index (χ0) is 22.1. The van der Waals surface area contributed by atoms with Crippen molar-refractivity contribution in [3.05, 3.63) is 35.7 Å². The van der Waals surface area contributed by atoms with E-state index in [0.717, 1.165) is 12.8 Å². The lowest BCUT2D eigenvalue weighted by Crippen LogP contribution is -2.25. The van der Waals surface area contributed by atoms with E-state index in [1.165, 1.54) is 4.68 Å². The van der Waals surface area contributed by atoms with Gasteiger partial charge in [0.1, 0.15) is 18.0 Å². The molecule has 1 aliphatic rings. The van der Waals surface area contributed by atoms with Crippen molar-refractivity contribution in [1.29, 1.82) is 0 Å². The number of nitrogens with zero attached hydrogens (tertiary/aromatic N) is 3. The second kappa shape index (κ2) is 11.4. The maximum absolute atomic E-state index is 12.2. The molecule has 1 saturated carbocycles. The topological polar surface area (TPSA) is 117 Å². The average Bonchev–Trinajstić information content (AvgIpc) is 3.44. The summed E-state index contributed by atoms with van der Waals surface area (Å²) in [6, 6.07) is 5.27. The summed E-state index contributed by atoms with van der Waals surface area (Å²) in [5.74, 6) is -0.0102. The summed E-state index contributed by atoms with van der Waals surface area (Å²) in [7, 11) is 0. The van der Waals surface area contributed by atoms with Crippen LogP contribution >= 0.6 is 0 Å². The van der Waals surface area contributed by atoms with Crippen LogP contribution in [-0.2, 0) is 9.47 Å². The predicted molar refractivity (Wildman–Crippen MR) is 113 cm³/mol. The highest BCUT2D eigenvalue weighted by molar-refractivity contribution is 5.95. The van der Waals surface area contributed by atoms with Crippen LogP contribution in [0.2, 0.25) is 0 Å². The zero-order valence-corrected chi connectivity index (χ0v) is 17.9. The third kappa shape index (κ3) is 6.76. The fourth-order valence-corrected chi connectivity index (χ4v) is 2.77. The van der Waals surface area contributed by atoms with Gasteiger partial charge in [-0.25, -0.2) is 4.68 Å². The molecule has 0 saturated heterocycles. The number of nitrogens with one attached hydrogen (secondary N) is 2. The molecule has 0 radical (unpaired) electrons.